The molecule has 0 bridgehead atoms. The number of aromatic nitrogens is 2. The van der Waals surface area contributed by atoms with Crippen molar-refractivity contribution in [3.8, 4) is 5.69 Å². The van der Waals surface area contributed by atoms with Crippen molar-refractivity contribution in [2.75, 3.05) is 17.7 Å². The van der Waals surface area contributed by atoms with Crippen LogP contribution in [-0.2, 0) is 4.79 Å². The molecule has 28 heavy (non-hydrogen) atoms. The first-order valence-corrected chi connectivity index (χ1v) is 9.99. The van der Waals surface area contributed by atoms with Crippen molar-refractivity contribution in [1.82, 2.24) is 9.78 Å². The van der Waals surface area contributed by atoms with Crippen LogP contribution in [0.4, 0.5) is 11.4 Å². The van der Waals surface area contributed by atoms with Crippen LogP contribution in [0.5, 0.6) is 0 Å². The zero-order valence-corrected chi connectivity index (χ0v) is 18.0. The highest BCUT2D eigenvalue weighted by Crippen LogP contribution is 2.20. The Morgan fingerprint density at radius 2 is 2.00 bits per heavy atom. The molecule has 2 N–H and O–H groups in total. The lowest BCUT2D eigenvalue weighted by Crippen LogP contribution is -1.93. The fraction of sp³-hybridized carbons (Fsp3) is 0.250. The number of nitrogens with one attached hydrogen (secondary N) is 2. The van der Waals surface area contributed by atoms with Crippen LogP contribution in [0.3, 0.4) is 0 Å². The minimum Gasteiger partial charge on any atom is -0.386 e. The van der Waals surface area contributed by atoms with Crippen LogP contribution in [-0.4, -0.2) is 29.0 Å². The third-order valence-electron chi connectivity index (χ3n) is 3.16. The van der Waals surface area contributed by atoms with E-state index in [1.54, 1.807) is 42.1 Å². The molecule has 3 aromatic rings. The molecule has 0 radical (unpaired) electrons. The molecule has 0 aliphatic carbocycles. The largest absolute Gasteiger partial charge is 0.386 e. The predicted molar refractivity (Wildman–Crippen MR) is 118 cm³/mol. The minimum atomic E-state index is 0.0900. The summed E-state index contributed by atoms with van der Waals surface area (Å²) in [7, 11) is 1.84. The molecule has 1 aromatic carbocycles. The third-order valence-corrected chi connectivity index (χ3v) is 4.50. The Kier molecular flexibility index (Phi) is 10.6. The number of ketones is 1. The van der Waals surface area contributed by atoms with E-state index in [2.05, 4.69) is 29.6 Å². The highest BCUT2D eigenvalue weighted by molar-refractivity contribution is 7.12. The van der Waals surface area contributed by atoms with E-state index in [9.17, 15) is 9.59 Å². The maximum atomic E-state index is 11.1. The number of halogens is 1. The van der Waals surface area contributed by atoms with E-state index in [-0.39, 0.29) is 5.78 Å². The van der Waals surface area contributed by atoms with Gasteiger partial charge in [0.2, 0.25) is 6.41 Å². The number of amides is 1. The second-order valence-electron chi connectivity index (χ2n) is 5.60. The van der Waals surface area contributed by atoms with Gasteiger partial charge in [-0.2, -0.15) is 5.10 Å². The van der Waals surface area contributed by atoms with Crippen molar-refractivity contribution in [1.29, 1.82) is 0 Å². The molecule has 0 saturated heterocycles. The van der Waals surface area contributed by atoms with Crippen molar-refractivity contribution in [3.05, 3.63) is 58.0 Å². The molecule has 8 heteroatoms. The topological polar surface area (TPSA) is 76.0 Å². The van der Waals surface area contributed by atoms with Gasteiger partial charge < -0.3 is 10.6 Å². The van der Waals surface area contributed by atoms with Crippen LogP contribution >= 0.6 is 22.9 Å². The molecule has 3 rings (SSSR count). The van der Waals surface area contributed by atoms with Crippen molar-refractivity contribution in [2.45, 2.75) is 27.2 Å². The van der Waals surface area contributed by atoms with E-state index in [0.29, 0.717) is 17.1 Å². The number of hydrogen-bond acceptors (Lipinski definition) is 5. The molecule has 2 aromatic heterocycles. The quantitative estimate of drug-likeness (QED) is 0.422. The summed E-state index contributed by atoms with van der Waals surface area (Å²) in [4.78, 5) is 21.8. The molecule has 0 spiro atoms. The Balaban J connectivity index is 0.000000261. The lowest BCUT2D eigenvalue weighted by molar-refractivity contribution is -0.105. The van der Waals surface area contributed by atoms with E-state index >= 15 is 0 Å². The van der Waals surface area contributed by atoms with Crippen LogP contribution in [0.2, 0.25) is 5.02 Å². The van der Waals surface area contributed by atoms with Gasteiger partial charge in [0.05, 0.1) is 39.4 Å². The summed E-state index contributed by atoms with van der Waals surface area (Å²) in [6.45, 7) is 5.82. The number of hydrogen-bond donors (Lipinski definition) is 2. The minimum absolute atomic E-state index is 0.0900. The second kappa shape index (κ2) is 12.7. The van der Waals surface area contributed by atoms with Crippen LogP contribution in [0, 0.1) is 0 Å². The third kappa shape index (κ3) is 7.54. The van der Waals surface area contributed by atoms with Crippen LogP contribution in [0.1, 0.15) is 36.9 Å². The monoisotopic (exact) mass is 420 g/mol. The van der Waals surface area contributed by atoms with Gasteiger partial charge in [-0.3, -0.25) is 9.59 Å². The standard InChI is InChI=1S/C10H11N3OS.C7H6ClNO.C3H8/c1-7(14)10-3-9(6-15-10)13-5-8(11-2)4-12-13;8-6-3-1-2-4-7(6)9-5-10;1-3-2/h3-6,11H,1-2H3;1-5H,(H,9,10);3H2,1-2H3. The molecular formula is C20H25ClN4O2S. The lowest BCUT2D eigenvalue weighted by Gasteiger charge is -1.98. The smallest absolute Gasteiger partial charge is 0.211 e. The van der Waals surface area contributed by atoms with Gasteiger partial charge in [-0.15, -0.1) is 11.3 Å². The molecule has 150 valence electrons. The Morgan fingerprint density at radius 3 is 2.50 bits per heavy atom. The predicted octanol–water partition coefficient (Wildman–Crippen LogP) is 5.50. The number of carbonyl (C=O) groups is 2. The first-order chi connectivity index (χ1) is 13.5. The number of para-hydroxylation sites is 1. The Hall–Kier alpha value is -2.64. The number of benzene rings is 1. The summed E-state index contributed by atoms with van der Waals surface area (Å²) in [5, 5.41) is 12.1. The first kappa shape index (κ1) is 23.4. The highest BCUT2D eigenvalue weighted by atomic mass is 35.5. The molecule has 0 atom stereocenters. The summed E-state index contributed by atoms with van der Waals surface area (Å²) < 4.78 is 1.74. The van der Waals surface area contributed by atoms with Crippen molar-refractivity contribution < 1.29 is 9.59 Å². The van der Waals surface area contributed by atoms with Crippen molar-refractivity contribution >= 4 is 46.5 Å². The Morgan fingerprint density at radius 1 is 1.32 bits per heavy atom. The normalized spacial score (nSPS) is 9.32. The number of Topliss-reactive ketones (excluding diaryl/α,β-unsaturated/α-hetero) is 1. The van der Waals surface area contributed by atoms with E-state index in [4.69, 9.17) is 11.6 Å². The number of thiophene rings is 1. The van der Waals surface area contributed by atoms with Gasteiger partial charge in [0.15, 0.2) is 5.78 Å². The molecule has 0 aliphatic heterocycles. The molecule has 0 unspecified atom stereocenters. The van der Waals surface area contributed by atoms with Gasteiger partial charge in [-0.25, -0.2) is 4.68 Å². The number of anilines is 2. The van der Waals surface area contributed by atoms with Gasteiger partial charge >= 0.3 is 0 Å². The SMILES string of the molecule is CCC.CNc1cnn(-c2csc(C(C)=O)c2)c1.O=CNc1ccccc1Cl. The zero-order chi connectivity index (χ0) is 20.9. The van der Waals surface area contributed by atoms with E-state index in [1.165, 1.54) is 17.8 Å². The molecule has 0 fully saturated rings. The molecule has 0 saturated carbocycles. The summed E-state index contributed by atoms with van der Waals surface area (Å²) in [6.07, 6.45) is 5.47. The van der Waals surface area contributed by atoms with E-state index in [0.717, 1.165) is 16.3 Å². The van der Waals surface area contributed by atoms with Gasteiger partial charge in [0.1, 0.15) is 0 Å². The molecular weight excluding hydrogens is 396 g/mol. The van der Waals surface area contributed by atoms with E-state index < -0.39 is 0 Å². The number of nitrogens with zero attached hydrogens (tertiary/aromatic N) is 2. The zero-order valence-electron chi connectivity index (χ0n) is 16.4. The maximum absolute atomic E-state index is 11.1. The van der Waals surface area contributed by atoms with Crippen LogP contribution < -0.4 is 10.6 Å². The fourth-order valence-electron chi connectivity index (χ4n) is 1.87. The average Bonchev–Trinajstić information content (AvgIpc) is 3.34. The van der Waals surface area contributed by atoms with E-state index in [1.807, 2.05) is 24.7 Å². The summed E-state index contributed by atoms with van der Waals surface area (Å²) in [6, 6.07) is 8.90. The Labute approximate surface area is 174 Å². The van der Waals surface area contributed by atoms with Gasteiger partial charge in [-0.1, -0.05) is 44.0 Å². The van der Waals surface area contributed by atoms with Crippen LogP contribution in [0.15, 0.2) is 48.1 Å². The summed E-state index contributed by atoms with van der Waals surface area (Å²) in [5.41, 5.74) is 2.51. The van der Waals surface area contributed by atoms with Gasteiger partial charge in [0.25, 0.3) is 0 Å². The van der Waals surface area contributed by atoms with Gasteiger partial charge in [-0.05, 0) is 25.1 Å². The van der Waals surface area contributed by atoms with Crippen LogP contribution in [0.25, 0.3) is 5.69 Å². The van der Waals surface area contributed by atoms with Crippen molar-refractivity contribution in [2.24, 2.45) is 0 Å². The second-order valence-corrected chi connectivity index (χ2v) is 6.92. The highest BCUT2D eigenvalue weighted by Gasteiger charge is 2.06. The molecule has 2 heterocycles. The average molecular weight is 421 g/mol. The maximum Gasteiger partial charge on any atom is 0.211 e. The number of carbonyl (C=O) groups excluding carboxylic acids is 2. The number of rotatable bonds is 5. The van der Waals surface area contributed by atoms with Crippen molar-refractivity contribution in [3.63, 3.8) is 0 Å². The molecule has 6 nitrogen and oxygen atoms in total. The first-order valence-electron chi connectivity index (χ1n) is 8.73. The fourth-order valence-corrected chi connectivity index (χ4v) is 2.83. The molecule has 1 amide bonds. The lowest BCUT2D eigenvalue weighted by atomic mass is 10.3. The van der Waals surface area contributed by atoms with Gasteiger partial charge in [0, 0.05) is 12.4 Å². The summed E-state index contributed by atoms with van der Waals surface area (Å²) >= 11 is 7.12. The summed E-state index contributed by atoms with van der Waals surface area (Å²) in [5.74, 6) is 0.0900. The Bertz CT molecular complexity index is 876. The molecule has 0 aliphatic rings.